The molecule has 0 radical (unpaired) electrons. The van der Waals surface area contributed by atoms with Gasteiger partial charge in [-0.1, -0.05) is 63.6 Å². The lowest BCUT2D eigenvalue weighted by Gasteiger charge is -2.27. The minimum absolute atomic E-state index is 0.178. The van der Waals surface area contributed by atoms with Crippen molar-refractivity contribution in [1.29, 1.82) is 0 Å². The van der Waals surface area contributed by atoms with E-state index in [1.165, 1.54) is 11.1 Å². The first kappa shape index (κ1) is 29.9. The molecule has 6 heteroatoms. The van der Waals surface area contributed by atoms with E-state index in [-0.39, 0.29) is 17.9 Å². The molecule has 2 aromatic carbocycles. The third-order valence-corrected chi connectivity index (χ3v) is 7.11. The maximum atomic E-state index is 13.4. The predicted molar refractivity (Wildman–Crippen MR) is 157 cm³/mol. The number of amides is 1. The largest absolute Gasteiger partial charge is 0.390 e. The van der Waals surface area contributed by atoms with Gasteiger partial charge < -0.3 is 25.8 Å². The van der Waals surface area contributed by atoms with E-state index in [1.807, 2.05) is 18.2 Å². The molecule has 0 fully saturated rings. The van der Waals surface area contributed by atoms with Crippen LogP contribution in [-0.4, -0.2) is 43.4 Å². The molecule has 0 unspecified atom stereocenters. The minimum atomic E-state index is -0.721. The van der Waals surface area contributed by atoms with Gasteiger partial charge in [0, 0.05) is 38.0 Å². The number of anilines is 1. The summed E-state index contributed by atoms with van der Waals surface area (Å²) in [6, 6.07) is 14.0. The molecule has 1 heterocycles. The number of allylic oxidation sites excluding steroid dienone is 2. The van der Waals surface area contributed by atoms with Gasteiger partial charge in [0.1, 0.15) is 0 Å². The maximum Gasteiger partial charge on any atom is 0.251 e. The monoisotopic (exact) mass is 521 g/mol. The summed E-state index contributed by atoms with van der Waals surface area (Å²) in [4.78, 5) is 13.4. The van der Waals surface area contributed by atoms with Crippen molar-refractivity contribution in [2.45, 2.75) is 84.1 Å². The van der Waals surface area contributed by atoms with Crippen LogP contribution in [0.1, 0.15) is 85.8 Å². The summed E-state index contributed by atoms with van der Waals surface area (Å²) in [5, 5.41) is 21.2. The van der Waals surface area contributed by atoms with Crippen molar-refractivity contribution in [3.05, 3.63) is 76.9 Å². The molecule has 0 aromatic heterocycles. The van der Waals surface area contributed by atoms with Gasteiger partial charge in [0.25, 0.3) is 5.91 Å². The zero-order valence-corrected chi connectivity index (χ0v) is 23.6. The van der Waals surface area contributed by atoms with Gasteiger partial charge in [-0.2, -0.15) is 0 Å². The summed E-state index contributed by atoms with van der Waals surface area (Å²) in [7, 11) is 1.66. The second-order valence-corrected chi connectivity index (χ2v) is 10.9. The van der Waals surface area contributed by atoms with E-state index < -0.39 is 6.10 Å². The average molecular weight is 522 g/mol. The van der Waals surface area contributed by atoms with E-state index in [9.17, 15) is 9.90 Å². The second-order valence-electron chi connectivity index (χ2n) is 10.9. The molecule has 2 aromatic rings. The predicted octanol–water partition coefficient (Wildman–Crippen LogP) is 5.77. The number of fused-ring (bicyclic) bond motifs is 2. The number of aliphatic hydroxyl groups is 1. The van der Waals surface area contributed by atoms with Gasteiger partial charge in [-0.15, -0.1) is 0 Å². The molecule has 0 aliphatic carbocycles. The van der Waals surface area contributed by atoms with Crippen LogP contribution in [0.15, 0.2) is 54.6 Å². The fraction of sp³-hybridized carbons (Fsp3) is 0.531. The molecule has 0 saturated heterocycles. The SMILES string of the molecule is COCc1cc2cc(c1)C(=O)N[C@H]([C@H](O)CNCc1cccc(C(C)C)c1)C[C@H](C)/C=C/CCCCCN2. The Morgan fingerprint density at radius 1 is 1.11 bits per heavy atom. The van der Waals surface area contributed by atoms with E-state index in [0.29, 0.717) is 37.6 Å². The summed E-state index contributed by atoms with van der Waals surface area (Å²) in [5.74, 6) is 0.535. The van der Waals surface area contributed by atoms with Crippen LogP contribution in [0.2, 0.25) is 0 Å². The molecular weight excluding hydrogens is 474 g/mol. The van der Waals surface area contributed by atoms with Crippen molar-refractivity contribution in [3.63, 3.8) is 0 Å². The molecule has 1 aliphatic rings. The van der Waals surface area contributed by atoms with E-state index in [2.05, 4.69) is 73.1 Å². The lowest BCUT2D eigenvalue weighted by Crippen LogP contribution is -2.48. The van der Waals surface area contributed by atoms with Gasteiger partial charge in [-0.3, -0.25) is 4.79 Å². The number of nitrogens with one attached hydrogen (secondary N) is 3. The number of rotatable bonds is 8. The van der Waals surface area contributed by atoms with E-state index >= 15 is 0 Å². The Morgan fingerprint density at radius 2 is 1.95 bits per heavy atom. The van der Waals surface area contributed by atoms with Gasteiger partial charge >= 0.3 is 0 Å². The third kappa shape index (κ3) is 9.90. The molecule has 4 N–H and O–H groups in total. The fourth-order valence-corrected chi connectivity index (χ4v) is 4.91. The molecule has 6 nitrogen and oxygen atoms in total. The summed E-state index contributed by atoms with van der Waals surface area (Å²) in [5.41, 5.74) is 4.94. The lowest BCUT2D eigenvalue weighted by atomic mass is 9.95. The van der Waals surface area contributed by atoms with Gasteiger partial charge in [0.2, 0.25) is 0 Å². The highest BCUT2D eigenvalue weighted by molar-refractivity contribution is 5.95. The number of ether oxygens (including phenoxy) is 1. The molecule has 0 saturated carbocycles. The van der Waals surface area contributed by atoms with E-state index in [1.54, 1.807) is 7.11 Å². The van der Waals surface area contributed by atoms with Gasteiger partial charge in [0.15, 0.2) is 0 Å². The number of aliphatic hydroxyl groups excluding tert-OH is 1. The minimum Gasteiger partial charge on any atom is -0.390 e. The Kier molecular flexibility index (Phi) is 12.3. The molecule has 38 heavy (non-hydrogen) atoms. The number of methoxy groups -OCH3 is 1. The number of benzene rings is 2. The van der Waals surface area contributed by atoms with Crippen molar-refractivity contribution in [3.8, 4) is 0 Å². The first-order valence-electron chi connectivity index (χ1n) is 14.2. The van der Waals surface area contributed by atoms with Crippen molar-refractivity contribution in [2.24, 2.45) is 5.92 Å². The molecule has 208 valence electrons. The van der Waals surface area contributed by atoms with Crippen LogP contribution in [0.25, 0.3) is 0 Å². The standard InChI is InChI=1S/C32H47N3O3/c1-23(2)27-13-10-12-25(16-27)20-33-21-31(36)30-15-24(3)11-8-6-5-7-9-14-34-29-18-26(22-38-4)17-28(19-29)32(37)35-30/h8,10-13,16-19,23-24,30-31,33-34,36H,5-7,9,14-15,20-22H2,1-4H3,(H,35,37)/b11-8+/t24-,30+,31-/m1/s1. The third-order valence-electron chi connectivity index (χ3n) is 7.11. The Balaban J connectivity index is 1.74. The summed E-state index contributed by atoms with van der Waals surface area (Å²) in [6.45, 7) is 8.89. The fourth-order valence-electron chi connectivity index (χ4n) is 4.91. The summed E-state index contributed by atoms with van der Waals surface area (Å²) < 4.78 is 5.34. The van der Waals surface area contributed by atoms with Crippen molar-refractivity contribution < 1.29 is 14.6 Å². The number of hydrogen-bond donors (Lipinski definition) is 4. The highest BCUT2D eigenvalue weighted by Crippen LogP contribution is 2.19. The quantitative estimate of drug-likeness (QED) is 0.331. The number of hydrogen-bond acceptors (Lipinski definition) is 5. The Bertz CT molecular complexity index is 1040. The van der Waals surface area contributed by atoms with Crippen LogP contribution in [0, 0.1) is 5.92 Å². The van der Waals surface area contributed by atoms with Crippen molar-refractivity contribution >= 4 is 11.6 Å². The smallest absolute Gasteiger partial charge is 0.251 e. The van der Waals surface area contributed by atoms with Crippen LogP contribution in [0.3, 0.4) is 0 Å². The zero-order valence-electron chi connectivity index (χ0n) is 23.6. The van der Waals surface area contributed by atoms with Crippen LogP contribution in [-0.2, 0) is 17.9 Å². The van der Waals surface area contributed by atoms with E-state index in [4.69, 9.17) is 4.74 Å². The maximum absolute atomic E-state index is 13.4. The Hall–Kier alpha value is -2.67. The Labute approximate surface area is 229 Å². The van der Waals surface area contributed by atoms with Crippen LogP contribution in [0.5, 0.6) is 0 Å². The van der Waals surface area contributed by atoms with Crippen LogP contribution >= 0.6 is 0 Å². The summed E-state index contributed by atoms with van der Waals surface area (Å²) in [6.07, 6.45) is 8.86. The topological polar surface area (TPSA) is 82.6 Å². The molecular formula is C32H47N3O3. The van der Waals surface area contributed by atoms with E-state index in [0.717, 1.165) is 43.5 Å². The highest BCUT2D eigenvalue weighted by Gasteiger charge is 2.24. The highest BCUT2D eigenvalue weighted by atomic mass is 16.5. The molecule has 0 spiro atoms. The molecule has 2 bridgehead atoms. The lowest BCUT2D eigenvalue weighted by molar-refractivity contribution is 0.0805. The van der Waals surface area contributed by atoms with Crippen molar-refractivity contribution in [1.82, 2.24) is 10.6 Å². The van der Waals surface area contributed by atoms with Crippen LogP contribution < -0.4 is 16.0 Å². The summed E-state index contributed by atoms with van der Waals surface area (Å²) >= 11 is 0. The average Bonchev–Trinajstić information content (AvgIpc) is 2.89. The van der Waals surface area contributed by atoms with Gasteiger partial charge in [0.05, 0.1) is 18.8 Å². The van der Waals surface area contributed by atoms with Crippen molar-refractivity contribution in [2.75, 3.05) is 25.5 Å². The molecule has 1 aliphatic heterocycles. The second kappa shape index (κ2) is 15.7. The van der Waals surface area contributed by atoms with Gasteiger partial charge in [-0.25, -0.2) is 0 Å². The molecule has 1 amide bonds. The first-order chi connectivity index (χ1) is 18.4. The number of carbonyl (C=O) groups is 1. The normalized spacial score (nSPS) is 20.9. The molecule has 3 atom stereocenters. The molecule has 3 rings (SSSR count). The van der Waals surface area contributed by atoms with Crippen LogP contribution in [0.4, 0.5) is 5.69 Å². The number of carbonyl (C=O) groups excluding carboxylic acids is 1. The van der Waals surface area contributed by atoms with Gasteiger partial charge in [-0.05, 0) is 72.4 Å². The zero-order chi connectivity index (χ0) is 27.3. The first-order valence-corrected chi connectivity index (χ1v) is 14.2. The Morgan fingerprint density at radius 3 is 2.74 bits per heavy atom.